The van der Waals surface area contributed by atoms with Crippen LogP contribution in [0.2, 0.25) is 0 Å². The molecule has 1 aromatic rings. The molecular formula is C15H22N2O3. The Hall–Kier alpha value is -1.62. The number of aromatic nitrogens is 1. The molecule has 1 aliphatic carbocycles. The van der Waals surface area contributed by atoms with Gasteiger partial charge in [0.25, 0.3) is 0 Å². The summed E-state index contributed by atoms with van der Waals surface area (Å²) in [4.78, 5) is 15.6. The van der Waals surface area contributed by atoms with Crippen molar-refractivity contribution in [2.45, 2.75) is 51.0 Å². The second kappa shape index (κ2) is 5.79. The Kier molecular flexibility index (Phi) is 4.28. The van der Waals surface area contributed by atoms with Crippen molar-refractivity contribution in [3.05, 3.63) is 23.4 Å². The standard InChI is InChI=1S/C15H22N2O3/c1-10(2)12-7-11(14(18)19)8-13(17-12)16-9-15(20)5-3-4-6-15/h7-8,10,20H,3-6,9H2,1-2H3,(H,16,17)(H,18,19). The van der Waals surface area contributed by atoms with Crippen LogP contribution in [-0.4, -0.2) is 33.3 Å². The molecule has 0 spiro atoms. The van der Waals surface area contributed by atoms with Crippen LogP contribution in [-0.2, 0) is 0 Å². The first kappa shape index (κ1) is 14.8. The van der Waals surface area contributed by atoms with Crippen molar-refractivity contribution >= 4 is 11.8 Å². The number of hydrogen-bond donors (Lipinski definition) is 3. The first-order valence-electron chi connectivity index (χ1n) is 7.11. The fourth-order valence-corrected chi connectivity index (χ4v) is 2.53. The van der Waals surface area contributed by atoms with Gasteiger partial charge in [-0.25, -0.2) is 9.78 Å². The number of pyridine rings is 1. The van der Waals surface area contributed by atoms with E-state index in [0.29, 0.717) is 12.4 Å². The lowest BCUT2D eigenvalue weighted by molar-refractivity contribution is 0.0614. The van der Waals surface area contributed by atoms with Crippen LogP contribution >= 0.6 is 0 Å². The minimum Gasteiger partial charge on any atom is -0.478 e. The van der Waals surface area contributed by atoms with E-state index in [-0.39, 0.29) is 11.5 Å². The minimum atomic E-state index is -0.961. The summed E-state index contributed by atoms with van der Waals surface area (Å²) >= 11 is 0. The number of aliphatic hydroxyl groups is 1. The van der Waals surface area contributed by atoms with Gasteiger partial charge in [-0.3, -0.25) is 0 Å². The number of anilines is 1. The topological polar surface area (TPSA) is 82.5 Å². The molecule has 1 heterocycles. The minimum absolute atomic E-state index is 0.157. The molecule has 0 unspecified atom stereocenters. The first-order valence-corrected chi connectivity index (χ1v) is 7.11. The number of aromatic carboxylic acids is 1. The molecule has 20 heavy (non-hydrogen) atoms. The van der Waals surface area contributed by atoms with E-state index in [0.717, 1.165) is 31.4 Å². The molecule has 0 aliphatic heterocycles. The molecule has 0 bridgehead atoms. The molecule has 110 valence electrons. The predicted molar refractivity (Wildman–Crippen MR) is 77.2 cm³/mol. The molecule has 5 nitrogen and oxygen atoms in total. The van der Waals surface area contributed by atoms with Crippen molar-refractivity contribution in [1.29, 1.82) is 0 Å². The van der Waals surface area contributed by atoms with E-state index in [9.17, 15) is 9.90 Å². The molecule has 0 atom stereocenters. The number of nitrogens with one attached hydrogen (secondary N) is 1. The Balaban J connectivity index is 2.15. The molecule has 5 heteroatoms. The molecule has 0 aromatic carbocycles. The van der Waals surface area contributed by atoms with Crippen molar-refractivity contribution < 1.29 is 15.0 Å². The molecule has 1 fully saturated rings. The maximum absolute atomic E-state index is 11.1. The predicted octanol–water partition coefficient (Wildman–Crippen LogP) is 2.62. The average Bonchev–Trinajstić information content (AvgIpc) is 2.83. The lowest BCUT2D eigenvalue weighted by Gasteiger charge is -2.23. The molecule has 1 aliphatic rings. The van der Waals surface area contributed by atoms with Crippen LogP contribution in [0.4, 0.5) is 5.82 Å². The van der Waals surface area contributed by atoms with Crippen LogP contribution in [0.15, 0.2) is 12.1 Å². The van der Waals surface area contributed by atoms with Crippen LogP contribution < -0.4 is 5.32 Å². The van der Waals surface area contributed by atoms with Crippen molar-refractivity contribution in [2.75, 3.05) is 11.9 Å². The number of nitrogens with zero attached hydrogens (tertiary/aromatic N) is 1. The van der Waals surface area contributed by atoms with Gasteiger partial charge < -0.3 is 15.5 Å². The van der Waals surface area contributed by atoms with E-state index in [1.165, 1.54) is 6.07 Å². The van der Waals surface area contributed by atoms with Gasteiger partial charge in [0.05, 0.1) is 11.2 Å². The SMILES string of the molecule is CC(C)c1cc(C(=O)O)cc(NCC2(O)CCCC2)n1. The third kappa shape index (κ3) is 3.48. The Labute approximate surface area is 119 Å². The highest BCUT2D eigenvalue weighted by Gasteiger charge is 2.30. The van der Waals surface area contributed by atoms with Gasteiger partial charge in [-0.1, -0.05) is 26.7 Å². The summed E-state index contributed by atoms with van der Waals surface area (Å²) in [6, 6.07) is 3.12. The van der Waals surface area contributed by atoms with E-state index < -0.39 is 11.6 Å². The Morgan fingerprint density at radius 2 is 2.05 bits per heavy atom. The second-order valence-corrected chi connectivity index (χ2v) is 5.91. The monoisotopic (exact) mass is 278 g/mol. The average molecular weight is 278 g/mol. The zero-order chi connectivity index (χ0) is 14.8. The Morgan fingerprint density at radius 1 is 1.40 bits per heavy atom. The zero-order valence-electron chi connectivity index (χ0n) is 12.0. The van der Waals surface area contributed by atoms with Gasteiger partial charge in [-0.05, 0) is 30.9 Å². The Bertz CT molecular complexity index is 494. The number of carboxylic acids is 1. The summed E-state index contributed by atoms with van der Waals surface area (Å²) in [7, 11) is 0. The lowest BCUT2D eigenvalue weighted by atomic mass is 10.0. The molecule has 1 aromatic heterocycles. The number of hydrogen-bond acceptors (Lipinski definition) is 4. The molecule has 0 amide bonds. The summed E-state index contributed by atoms with van der Waals surface area (Å²) in [6.07, 6.45) is 3.65. The summed E-state index contributed by atoms with van der Waals surface area (Å²) in [5, 5.41) is 22.5. The number of carboxylic acid groups (broad SMARTS) is 1. The molecule has 0 radical (unpaired) electrons. The van der Waals surface area contributed by atoms with Crippen molar-refractivity contribution in [2.24, 2.45) is 0 Å². The fourth-order valence-electron chi connectivity index (χ4n) is 2.53. The maximum atomic E-state index is 11.1. The van der Waals surface area contributed by atoms with Gasteiger partial charge in [0, 0.05) is 12.2 Å². The summed E-state index contributed by atoms with van der Waals surface area (Å²) in [5.41, 5.74) is 0.286. The molecular weight excluding hydrogens is 256 g/mol. The van der Waals surface area contributed by atoms with Crippen LogP contribution in [0.5, 0.6) is 0 Å². The van der Waals surface area contributed by atoms with Gasteiger partial charge in [-0.15, -0.1) is 0 Å². The summed E-state index contributed by atoms with van der Waals surface area (Å²) in [6.45, 7) is 4.37. The quantitative estimate of drug-likeness (QED) is 0.771. The van der Waals surface area contributed by atoms with Crippen LogP contribution in [0.1, 0.15) is 61.5 Å². The zero-order valence-corrected chi connectivity index (χ0v) is 12.0. The maximum Gasteiger partial charge on any atom is 0.335 e. The smallest absolute Gasteiger partial charge is 0.335 e. The van der Waals surface area contributed by atoms with Crippen LogP contribution in [0.25, 0.3) is 0 Å². The van der Waals surface area contributed by atoms with E-state index >= 15 is 0 Å². The van der Waals surface area contributed by atoms with E-state index in [1.807, 2.05) is 13.8 Å². The fraction of sp³-hybridized carbons (Fsp3) is 0.600. The normalized spacial score (nSPS) is 17.4. The number of carbonyl (C=O) groups is 1. The third-order valence-electron chi connectivity index (χ3n) is 3.82. The van der Waals surface area contributed by atoms with Gasteiger partial charge >= 0.3 is 5.97 Å². The highest BCUT2D eigenvalue weighted by Crippen LogP contribution is 2.29. The van der Waals surface area contributed by atoms with Crippen molar-refractivity contribution in [3.8, 4) is 0 Å². The van der Waals surface area contributed by atoms with Gasteiger partial charge in [0.2, 0.25) is 0 Å². The lowest BCUT2D eigenvalue weighted by Crippen LogP contribution is -2.33. The second-order valence-electron chi connectivity index (χ2n) is 5.91. The highest BCUT2D eigenvalue weighted by atomic mass is 16.4. The van der Waals surface area contributed by atoms with E-state index in [4.69, 9.17) is 5.11 Å². The van der Waals surface area contributed by atoms with Crippen molar-refractivity contribution in [3.63, 3.8) is 0 Å². The van der Waals surface area contributed by atoms with Crippen LogP contribution in [0, 0.1) is 0 Å². The molecule has 1 saturated carbocycles. The molecule has 3 N–H and O–H groups in total. The largest absolute Gasteiger partial charge is 0.478 e. The summed E-state index contributed by atoms with van der Waals surface area (Å²) < 4.78 is 0. The highest BCUT2D eigenvalue weighted by molar-refractivity contribution is 5.88. The number of rotatable bonds is 5. The van der Waals surface area contributed by atoms with E-state index in [2.05, 4.69) is 10.3 Å². The first-order chi connectivity index (χ1) is 9.39. The van der Waals surface area contributed by atoms with Gasteiger partial charge in [0.1, 0.15) is 5.82 Å². The van der Waals surface area contributed by atoms with Gasteiger partial charge in [0.15, 0.2) is 0 Å². The third-order valence-corrected chi connectivity index (χ3v) is 3.82. The van der Waals surface area contributed by atoms with Crippen molar-refractivity contribution in [1.82, 2.24) is 4.98 Å². The van der Waals surface area contributed by atoms with Crippen LogP contribution in [0.3, 0.4) is 0 Å². The summed E-state index contributed by atoms with van der Waals surface area (Å²) in [5.74, 6) is -0.282. The molecule has 2 rings (SSSR count). The van der Waals surface area contributed by atoms with Gasteiger partial charge in [-0.2, -0.15) is 0 Å². The Morgan fingerprint density at radius 3 is 2.60 bits per heavy atom. The molecule has 0 saturated heterocycles. The van der Waals surface area contributed by atoms with E-state index in [1.54, 1.807) is 6.07 Å².